The highest BCUT2D eigenvalue weighted by Crippen LogP contribution is 2.29. The Hall–Kier alpha value is -1.67. The molecule has 0 spiro atoms. The number of aliphatic hydroxyl groups is 1. The molecule has 1 atom stereocenters. The first-order valence-electron chi connectivity index (χ1n) is 7.21. The van der Waals surface area contributed by atoms with E-state index in [0.29, 0.717) is 0 Å². The maximum Gasteiger partial charge on any atom is 0.123 e. The lowest BCUT2D eigenvalue weighted by Gasteiger charge is -2.20. The van der Waals surface area contributed by atoms with Gasteiger partial charge in [-0.25, -0.2) is 4.39 Å². The van der Waals surface area contributed by atoms with E-state index in [0.717, 1.165) is 29.5 Å². The van der Waals surface area contributed by atoms with Crippen LogP contribution >= 0.6 is 0 Å². The van der Waals surface area contributed by atoms with Crippen molar-refractivity contribution in [2.24, 2.45) is 0 Å². The predicted octanol–water partition coefficient (Wildman–Crippen LogP) is 4.09. The maximum atomic E-state index is 13.2. The van der Waals surface area contributed by atoms with E-state index < -0.39 is 6.10 Å². The van der Waals surface area contributed by atoms with E-state index in [1.54, 1.807) is 6.07 Å². The summed E-state index contributed by atoms with van der Waals surface area (Å²) in [6.45, 7) is 1.83. The molecule has 0 bridgehead atoms. The molecule has 0 saturated heterocycles. The van der Waals surface area contributed by atoms with E-state index in [2.05, 4.69) is 12.1 Å². The van der Waals surface area contributed by atoms with E-state index in [1.165, 1.54) is 36.1 Å². The fraction of sp³-hybridized carbons (Fsp3) is 0.333. The van der Waals surface area contributed by atoms with Crippen LogP contribution in [0.4, 0.5) is 4.39 Å². The van der Waals surface area contributed by atoms with Crippen LogP contribution in [0.3, 0.4) is 0 Å². The number of hydrogen-bond donors (Lipinski definition) is 1. The predicted molar refractivity (Wildman–Crippen MR) is 78.3 cm³/mol. The number of halogens is 1. The highest BCUT2D eigenvalue weighted by atomic mass is 19.1. The number of aliphatic hydroxyl groups excluding tert-OH is 1. The summed E-state index contributed by atoms with van der Waals surface area (Å²) < 4.78 is 13.2. The Kier molecular flexibility index (Phi) is 3.58. The normalized spacial score (nSPS) is 15.8. The molecule has 0 radical (unpaired) electrons. The van der Waals surface area contributed by atoms with Gasteiger partial charge in [-0.2, -0.15) is 0 Å². The third-order valence-corrected chi connectivity index (χ3v) is 4.21. The molecule has 2 aromatic rings. The molecule has 104 valence electrons. The molecule has 0 fully saturated rings. The molecule has 2 aromatic carbocycles. The summed E-state index contributed by atoms with van der Waals surface area (Å²) in [5.74, 6) is -0.260. The van der Waals surface area contributed by atoms with E-state index in [4.69, 9.17) is 0 Å². The topological polar surface area (TPSA) is 20.2 Å². The SMILES string of the molecule is Cc1cc(F)ccc1C(O)c1ccc2c(c1)CCCC2. The average Bonchev–Trinajstić information content (AvgIpc) is 2.46. The summed E-state index contributed by atoms with van der Waals surface area (Å²) in [5.41, 5.74) is 5.23. The van der Waals surface area contributed by atoms with Gasteiger partial charge < -0.3 is 5.11 Å². The fourth-order valence-corrected chi connectivity index (χ4v) is 3.05. The van der Waals surface area contributed by atoms with Gasteiger partial charge in [0.2, 0.25) is 0 Å². The van der Waals surface area contributed by atoms with Crippen molar-refractivity contribution in [3.63, 3.8) is 0 Å². The zero-order valence-electron chi connectivity index (χ0n) is 11.7. The van der Waals surface area contributed by atoms with Crippen LogP contribution in [0.25, 0.3) is 0 Å². The van der Waals surface area contributed by atoms with Gasteiger partial charge in [0.1, 0.15) is 11.9 Å². The Morgan fingerprint density at radius 2 is 1.75 bits per heavy atom. The van der Waals surface area contributed by atoms with Crippen LogP contribution in [0.5, 0.6) is 0 Å². The van der Waals surface area contributed by atoms with Gasteiger partial charge in [-0.1, -0.05) is 24.3 Å². The van der Waals surface area contributed by atoms with Crippen molar-refractivity contribution in [2.45, 2.75) is 38.7 Å². The van der Waals surface area contributed by atoms with Crippen molar-refractivity contribution in [2.75, 3.05) is 0 Å². The summed E-state index contributed by atoms with van der Waals surface area (Å²) in [4.78, 5) is 0. The van der Waals surface area contributed by atoms with Crippen LogP contribution in [0.15, 0.2) is 36.4 Å². The molecule has 1 unspecified atom stereocenters. The van der Waals surface area contributed by atoms with Crippen molar-refractivity contribution in [1.82, 2.24) is 0 Å². The fourth-order valence-electron chi connectivity index (χ4n) is 3.05. The Morgan fingerprint density at radius 3 is 2.50 bits per heavy atom. The lowest BCUT2D eigenvalue weighted by Crippen LogP contribution is -2.07. The molecule has 0 amide bonds. The number of hydrogen-bond acceptors (Lipinski definition) is 1. The smallest absolute Gasteiger partial charge is 0.123 e. The van der Waals surface area contributed by atoms with Gasteiger partial charge in [0, 0.05) is 0 Å². The Labute approximate surface area is 119 Å². The first-order chi connectivity index (χ1) is 9.65. The quantitative estimate of drug-likeness (QED) is 0.871. The second-order valence-electron chi connectivity index (χ2n) is 5.64. The molecular formula is C18H19FO. The van der Waals surface area contributed by atoms with E-state index in [1.807, 2.05) is 13.0 Å². The molecule has 1 nitrogen and oxygen atoms in total. The summed E-state index contributed by atoms with van der Waals surface area (Å²) in [6.07, 6.45) is 4.04. The number of rotatable bonds is 2. The van der Waals surface area contributed by atoms with E-state index in [9.17, 15) is 9.50 Å². The van der Waals surface area contributed by atoms with Crippen molar-refractivity contribution in [3.8, 4) is 0 Å². The van der Waals surface area contributed by atoms with Crippen LogP contribution in [0.2, 0.25) is 0 Å². The second kappa shape index (κ2) is 5.37. The minimum absolute atomic E-state index is 0.260. The molecule has 1 aliphatic carbocycles. The van der Waals surface area contributed by atoms with Crippen molar-refractivity contribution in [1.29, 1.82) is 0 Å². The molecule has 2 heteroatoms. The molecule has 0 saturated carbocycles. The summed E-state index contributed by atoms with van der Waals surface area (Å²) in [6, 6.07) is 10.8. The minimum atomic E-state index is -0.678. The highest BCUT2D eigenvalue weighted by molar-refractivity contribution is 5.40. The number of benzene rings is 2. The molecule has 1 N–H and O–H groups in total. The van der Waals surface area contributed by atoms with Crippen LogP contribution < -0.4 is 0 Å². The minimum Gasteiger partial charge on any atom is -0.384 e. The third-order valence-electron chi connectivity index (χ3n) is 4.21. The van der Waals surface area contributed by atoms with Crippen LogP contribution in [-0.2, 0) is 12.8 Å². The van der Waals surface area contributed by atoms with Crippen LogP contribution in [-0.4, -0.2) is 5.11 Å². The van der Waals surface area contributed by atoms with E-state index in [-0.39, 0.29) is 5.82 Å². The van der Waals surface area contributed by atoms with Crippen LogP contribution in [0, 0.1) is 12.7 Å². The standard InChI is InChI=1S/C18H19FO/c1-12-10-16(19)8-9-17(12)18(20)15-7-6-13-4-2-3-5-14(13)11-15/h6-11,18,20H,2-5H2,1H3. The lowest BCUT2D eigenvalue weighted by molar-refractivity contribution is 0.219. The lowest BCUT2D eigenvalue weighted by atomic mass is 9.88. The molecule has 0 aromatic heterocycles. The summed E-state index contributed by atoms with van der Waals surface area (Å²) in [7, 11) is 0. The van der Waals surface area contributed by atoms with Gasteiger partial charge in [0.05, 0.1) is 0 Å². The van der Waals surface area contributed by atoms with Crippen molar-refractivity contribution >= 4 is 0 Å². The number of aryl methyl sites for hydroxylation is 3. The van der Waals surface area contributed by atoms with Gasteiger partial charge in [0.15, 0.2) is 0 Å². The summed E-state index contributed by atoms with van der Waals surface area (Å²) >= 11 is 0. The molecule has 0 heterocycles. The zero-order chi connectivity index (χ0) is 14.1. The first kappa shape index (κ1) is 13.3. The highest BCUT2D eigenvalue weighted by Gasteiger charge is 2.16. The van der Waals surface area contributed by atoms with Gasteiger partial charge in [-0.3, -0.25) is 0 Å². The molecule has 0 aliphatic heterocycles. The molecular weight excluding hydrogens is 251 g/mol. The maximum absolute atomic E-state index is 13.2. The largest absolute Gasteiger partial charge is 0.384 e. The Morgan fingerprint density at radius 1 is 1.00 bits per heavy atom. The third kappa shape index (κ3) is 2.48. The van der Waals surface area contributed by atoms with Crippen LogP contribution in [0.1, 0.15) is 46.8 Å². The van der Waals surface area contributed by atoms with E-state index >= 15 is 0 Å². The van der Waals surface area contributed by atoms with Gasteiger partial charge in [-0.05, 0) is 72.6 Å². The monoisotopic (exact) mass is 270 g/mol. The Bertz CT molecular complexity index is 633. The van der Waals surface area contributed by atoms with Gasteiger partial charge >= 0.3 is 0 Å². The number of fused-ring (bicyclic) bond motifs is 1. The van der Waals surface area contributed by atoms with Gasteiger partial charge in [-0.15, -0.1) is 0 Å². The summed E-state index contributed by atoms with van der Waals surface area (Å²) in [5, 5.41) is 10.5. The zero-order valence-corrected chi connectivity index (χ0v) is 11.7. The molecule has 20 heavy (non-hydrogen) atoms. The van der Waals surface area contributed by atoms with Crippen molar-refractivity contribution < 1.29 is 9.50 Å². The second-order valence-corrected chi connectivity index (χ2v) is 5.64. The Balaban J connectivity index is 1.95. The van der Waals surface area contributed by atoms with Crippen molar-refractivity contribution in [3.05, 3.63) is 70.0 Å². The molecule has 1 aliphatic rings. The van der Waals surface area contributed by atoms with Gasteiger partial charge in [0.25, 0.3) is 0 Å². The first-order valence-corrected chi connectivity index (χ1v) is 7.21. The molecule has 3 rings (SSSR count). The average molecular weight is 270 g/mol.